The van der Waals surface area contributed by atoms with E-state index >= 15 is 0 Å². The van der Waals surface area contributed by atoms with Crippen molar-refractivity contribution in [2.45, 2.75) is 26.3 Å². The van der Waals surface area contributed by atoms with Gasteiger partial charge in [0.25, 0.3) is 0 Å². The number of hydrogen-bond donors (Lipinski definition) is 2. The highest BCUT2D eigenvalue weighted by Crippen LogP contribution is 2.24. The van der Waals surface area contributed by atoms with Crippen LogP contribution in [0.2, 0.25) is 0 Å². The van der Waals surface area contributed by atoms with Gasteiger partial charge in [-0.3, -0.25) is 4.79 Å². The van der Waals surface area contributed by atoms with E-state index in [1.54, 1.807) is 17.0 Å². The Morgan fingerprint density at radius 1 is 1.16 bits per heavy atom. The van der Waals surface area contributed by atoms with Crippen molar-refractivity contribution in [1.82, 2.24) is 5.32 Å². The van der Waals surface area contributed by atoms with Crippen LogP contribution < -0.4 is 15.5 Å². The Morgan fingerprint density at radius 2 is 1.92 bits per heavy atom. The molecule has 5 nitrogen and oxygen atoms in total. The van der Waals surface area contributed by atoms with E-state index in [1.165, 1.54) is 12.1 Å². The summed E-state index contributed by atoms with van der Waals surface area (Å²) in [6.45, 7) is 4.41. The molecular weight excluding hydrogens is 321 g/mol. The second kappa shape index (κ2) is 6.93. The predicted molar refractivity (Wildman–Crippen MR) is 95.2 cm³/mol. The van der Waals surface area contributed by atoms with Gasteiger partial charge in [0.05, 0.1) is 11.7 Å². The van der Waals surface area contributed by atoms with Gasteiger partial charge in [-0.1, -0.05) is 18.2 Å². The third-order valence-corrected chi connectivity index (χ3v) is 4.38. The van der Waals surface area contributed by atoms with Crippen molar-refractivity contribution in [2.75, 3.05) is 16.8 Å². The van der Waals surface area contributed by atoms with Gasteiger partial charge in [0.2, 0.25) is 5.91 Å². The van der Waals surface area contributed by atoms with Crippen molar-refractivity contribution >= 4 is 23.3 Å². The second-order valence-corrected chi connectivity index (χ2v) is 6.25. The Bertz CT molecular complexity index is 822. The van der Waals surface area contributed by atoms with E-state index < -0.39 is 11.8 Å². The first kappa shape index (κ1) is 17.0. The van der Waals surface area contributed by atoms with Crippen LogP contribution in [0.1, 0.15) is 17.5 Å². The summed E-state index contributed by atoms with van der Waals surface area (Å²) < 4.78 is 13.6. The van der Waals surface area contributed by atoms with Gasteiger partial charge in [-0.25, -0.2) is 9.18 Å². The van der Waals surface area contributed by atoms with Crippen molar-refractivity contribution in [3.05, 3.63) is 59.4 Å². The summed E-state index contributed by atoms with van der Waals surface area (Å²) in [7, 11) is 0. The number of aryl methyl sites for hydroxylation is 2. The molecular formula is C19H20FN3O2. The van der Waals surface area contributed by atoms with Crippen molar-refractivity contribution in [3.63, 3.8) is 0 Å². The number of carbonyl (C=O) groups is 2. The molecule has 0 aliphatic carbocycles. The Kier molecular flexibility index (Phi) is 4.70. The number of nitrogens with zero attached hydrogens (tertiary/aromatic N) is 1. The molecule has 3 amide bonds. The lowest BCUT2D eigenvalue weighted by atomic mass is 10.1. The van der Waals surface area contributed by atoms with Crippen molar-refractivity contribution < 1.29 is 14.0 Å². The average Bonchev–Trinajstić information content (AvgIpc) is 2.92. The van der Waals surface area contributed by atoms with Crippen LogP contribution >= 0.6 is 0 Å². The molecule has 25 heavy (non-hydrogen) atoms. The van der Waals surface area contributed by atoms with Crippen LogP contribution in [0.15, 0.2) is 42.5 Å². The molecule has 0 bridgehead atoms. The fourth-order valence-corrected chi connectivity index (χ4v) is 2.85. The lowest BCUT2D eigenvalue weighted by Crippen LogP contribution is -2.39. The zero-order valence-corrected chi connectivity index (χ0v) is 14.2. The van der Waals surface area contributed by atoms with Crippen molar-refractivity contribution in [1.29, 1.82) is 0 Å². The number of benzene rings is 2. The lowest BCUT2D eigenvalue weighted by molar-refractivity contribution is -0.117. The van der Waals surface area contributed by atoms with Crippen LogP contribution in [0.5, 0.6) is 0 Å². The van der Waals surface area contributed by atoms with Crippen LogP contribution in [0, 0.1) is 19.7 Å². The number of carbonyl (C=O) groups excluding carboxylic acids is 2. The first-order valence-corrected chi connectivity index (χ1v) is 8.13. The van der Waals surface area contributed by atoms with Crippen LogP contribution in [0.3, 0.4) is 0 Å². The van der Waals surface area contributed by atoms with Gasteiger partial charge in [-0.15, -0.1) is 0 Å². The molecule has 2 aromatic rings. The Labute approximate surface area is 145 Å². The van der Waals surface area contributed by atoms with E-state index in [-0.39, 0.29) is 24.1 Å². The molecule has 3 rings (SSSR count). The lowest BCUT2D eigenvalue weighted by Gasteiger charge is -2.18. The molecule has 2 aromatic carbocycles. The Hall–Kier alpha value is -2.89. The van der Waals surface area contributed by atoms with Gasteiger partial charge < -0.3 is 15.5 Å². The first-order chi connectivity index (χ1) is 11.9. The normalized spacial score (nSPS) is 16.8. The van der Waals surface area contributed by atoms with Gasteiger partial charge in [0.15, 0.2) is 0 Å². The van der Waals surface area contributed by atoms with E-state index in [9.17, 15) is 14.0 Å². The number of rotatable bonds is 3. The molecule has 6 heteroatoms. The maximum Gasteiger partial charge on any atom is 0.319 e. The highest BCUT2D eigenvalue weighted by Gasteiger charge is 2.31. The standard InChI is InChI=1S/C19H20FN3O2/c1-12-7-8-15(9-13(12)2)23-11-14(10-18(23)24)21-19(25)22-17-6-4-3-5-16(17)20/h3-9,14H,10-11H2,1-2H3,(H2,21,22,25)/t14-/m0/s1. The third-order valence-electron chi connectivity index (χ3n) is 4.38. The van der Waals surface area contributed by atoms with Gasteiger partial charge in [-0.2, -0.15) is 0 Å². The summed E-state index contributed by atoms with van der Waals surface area (Å²) >= 11 is 0. The van der Waals surface area contributed by atoms with Crippen LogP contribution in [-0.4, -0.2) is 24.5 Å². The van der Waals surface area contributed by atoms with Crippen LogP contribution in [0.25, 0.3) is 0 Å². The number of hydrogen-bond acceptors (Lipinski definition) is 2. The van der Waals surface area contributed by atoms with Gasteiger partial charge in [-0.05, 0) is 49.2 Å². The summed E-state index contributed by atoms with van der Waals surface area (Å²) in [5.74, 6) is -0.545. The quantitative estimate of drug-likeness (QED) is 0.899. The molecule has 0 saturated carbocycles. The summed E-state index contributed by atoms with van der Waals surface area (Å²) in [6, 6.07) is 11.0. The number of halogens is 1. The summed E-state index contributed by atoms with van der Waals surface area (Å²) in [4.78, 5) is 26.0. The summed E-state index contributed by atoms with van der Waals surface area (Å²) in [6.07, 6.45) is 0.220. The SMILES string of the molecule is Cc1ccc(N2C[C@@H](NC(=O)Nc3ccccc3F)CC2=O)cc1C. The molecule has 1 atom stereocenters. The van der Waals surface area contributed by atoms with Crippen molar-refractivity contribution in [2.24, 2.45) is 0 Å². The van der Waals surface area contributed by atoms with E-state index in [2.05, 4.69) is 10.6 Å². The molecule has 1 aliphatic rings. The molecule has 1 saturated heterocycles. The smallest absolute Gasteiger partial charge is 0.319 e. The molecule has 1 aliphatic heterocycles. The molecule has 2 N–H and O–H groups in total. The maximum atomic E-state index is 13.6. The van der Waals surface area contributed by atoms with Crippen LogP contribution in [-0.2, 0) is 4.79 Å². The van der Waals surface area contributed by atoms with E-state index in [0.29, 0.717) is 6.54 Å². The van der Waals surface area contributed by atoms with E-state index in [1.807, 2.05) is 32.0 Å². The number of anilines is 2. The first-order valence-electron chi connectivity index (χ1n) is 8.13. The minimum absolute atomic E-state index is 0.0422. The van der Waals surface area contributed by atoms with E-state index in [0.717, 1.165) is 16.8 Å². The summed E-state index contributed by atoms with van der Waals surface area (Å²) in [5.41, 5.74) is 3.20. The fourth-order valence-electron chi connectivity index (χ4n) is 2.85. The molecule has 1 heterocycles. The molecule has 130 valence electrons. The van der Waals surface area contributed by atoms with Crippen LogP contribution in [0.4, 0.5) is 20.6 Å². The van der Waals surface area contributed by atoms with Crippen molar-refractivity contribution in [3.8, 4) is 0 Å². The summed E-state index contributed by atoms with van der Waals surface area (Å²) in [5, 5.41) is 5.20. The molecule has 0 aromatic heterocycles. The molecule has 1 fully saturated rings. The van der Waals surface area contributed by atoms with E-state index in [4.69, 9.17) is 0 Å². The second-order valence-electron chi connectivity index (χ2n) is 6.25. The number of urea groups is 1. The molecule has 0 radical (unpaired) electrons. The average molecular weight is 341 g/mol. The number of nitrogens with one attached hydrogen (secondary N) is 2. The molecule has 0 unspecified atom stereocenters. The zero-order valence-electron chi connectivity index (χ0n) is 14.2. The minimum atomic E-state index is -0.523. The van der Waals surface area contributed by atoms with Gasteiger partial charge in [0, 0.05) is 18.7 Å². The predicted octanol–water partition coefficient (Wildman–Crippen LogP) is 3.37. The van der Waals surface area contributed by atoms with Gasteiger partial charge in [0.1, 0.15) is 5.82 Å². The number of amides is 3. The monoisotopic (exact) mass is 341 g/mol. The fraction of sp³-hybridized carbons (Fsp3) is 0.263. The zero-order chi connectivity index (χ0) is 18.0. The topological polar surface area (TPSA) is 61.4 Å². The Morgan fingerprint density at radius 3 is 2.64 bits per heavy atom. The largest absolute Gasteiger partial charge is 0.333 e. The highest BCUT2D eigenvalue weighted by molar-refractivity contribution is 5.97. The number of para-hydroxylation sites is 1. The molecule has 0 spiro atoms. The Balaban J connectivity index is 1.63. The highest BCUT2D eigenvalue weighted by atomic mass is 19.1. The van der Waals surface area contributed by atoms with Gasteiger partial charge >= 0.3 is 6.03 Å². The maximum absolute atomic E-state index is 13.6. The minimum Gasteiger partial charge on any atom is -0.333 e. The third kappa shape index (κ3) is 3.79.